The minimum atomic E-state index is -0.140. The first-order chi connectivity index (χ1) is 8.97. The van der Waals surface area contributed by atoms with Crippen LogP contribution in [0, 0.1) is 17.4 Å². The van der Waals surface area contributed by atoms with Crippen molar-refractivity contribution in [1.82, 2.24) is 0 Å². The first kappa shape index (κ1) is 14.3. The zero-order valence-electron chi connectivity index (χ0n) is 10.6. The van der Waals surface area contributed by atoms with Crippen LogP contribution in [0.5, 0.6) is 0 Å². The molecule has 0 heterocycles. The van der Waals surface area contributed by atoms with E-state index in [1.807, 2.05) is 38.1 Å². The number of amides is 1. The predicted octanol–water partition coefficient (Wildman–Crippen LogP) is 4.81. The first-order valence-corrected chi connectivity index (χ1v) is 7.26. The van der Waals surface area contributed by atoms with E-state index < -0.39 is 0 Å². The maximum absolute atomic E-state index is 12.2. The van der Waals surface area contributed by atoms with Gasteiger partial charge in [0.1, 0.15) is 0 Å². The highest BCUT2D eigenvalue weighted by atomic mass is 127. The summed E-state index contributed by atoms with van der Waals surface area (Å²) in [6.07, 6.45) is 0. The van der Waals surface area contributed by atoms with Crippen LogP contribution in [0.3, 0.4) is 0 Å². The van der Waals surface area contributed by atoms with Gasteiger partial charge in [-0.05, 0) is 66.3 Å². The number of rotatable bonds is 2. The molecule has 0 atom stereocenters. The van der Waals surface area contributed by atoms with Crippen LogP contribution in [-0.4, -0.2) is 5.91 Å². The van der Waals surface area contributed by atoms with Crippen LogP contribution in [0.1, 0.15) is 21.5 Å². The second kappa shape index (κ2) is 5.92. The van der Waals surface area contributed by atoms with E-state index in [0.29, 0.717) is 10.6 Å². The third-order valence-corrected chi connectivity index (χ3v) is 3.98. The summed E-state index contributed by atoms with van der Waals surface area (Å²) in [5.74, 6) is -0.140. The molecule has 0 radical (unpaired) electrons. The summed E-state index contributed by atoms with van der Waals surface area (Å²) in [6.45, 7) is 4.00. The number of hydrogen-bond acceptors (Lipinski definition) is 1. The molecule has 0 saturated carbocycles. The topological polar surface area (TPSA) is 29.1 Å². The van der Waals surface area contributed by atoms with Gasteiger partial charge in [-0.2, -0.15) is 0 Å². The Morgan fingerprint density at radius 1 is 1.16 bits per heavy atom. The van der Waals surface area contributed by atoms with Crippen molar-refractivity contribution in [2.45, 2.75) is 13.8 Å². The monoisotopic (exact) mass is 385 g/mol. The van der Waals surface area contributed by atoms with Gasteiger partial charge in [0.25, 0.3) is 5.91 Å². The van der Waals surface area contributed by atoms with Crippen molar-refractivity contribution >= 4 is 45.8 Å². The molecule has 4 heteroatoms. The molecule has 0 saturated heterocycles. The number of carbonyl (C=O) groups excluding carboxylic acids is 1. The summed E-state index contributed by atoms with van der Waals surface area (Å²) in [6, 6.07) is 11.2. The lowest BCUT2D eigenvalue weighted by Crippen LogP contribution is -2.14. The molecule has 1 amide bonds. The van der Waals surface area contributed by atoms with Crippen molar-refractivity contribution in [1.29, 1.82) is 0 Å². The van der Waals surface area contributed by atoms with Gasteiger partial charge in [0.15, 0.2) is 0 Å². The average Bonchev–Trinajstić information content (AvgIpc) is 2.35. The summed E-state index contributed by atoms with van der Waals surface area (Å²) >= 11 is 8.06. The van der Waals surface area contributed by atoms with Gasteiger partial charge in [0.2, 0.25) is 0 Å². The molecule has 98 valence electrons. The molecule has 2 aromatic rings. The van der Waals surface area contributed by atoms with Gasteiger partial charge in [-0.15, -0.1) is 0 Å². The highest BCUT2D eigenvalue weighted by Gasteiger charge is 2.11. The van der Waals surface area contributed by atoms with Gasteiger partial charge in [0, 0.05) is 14.3 Å². The van der Waals surface area contributed by atoms with Crippen molar-refractivity contribution in [3.05, 3.63) is 61.7 Å². The molecule has 19 heavy (non-hydrogen) atoms. The molecule has 0 aromatic heterocycles. The molecule has 0 aliphatic carbocycles. The number of carbonyl (C=O) groups is 1. The Balaban J connectivity index is 2.28. The second-order valence-electron chi connectivity index (χ2n) is 4.40. The van der Waals surface area contributed by atoms with E-state index >= 15 is 0 Å². The normalized spacial score (nSPS) is 10.3. The SMILES string of the molecule is Cc1ccc(NC(=O)c2cc(Cl)ccc2I)c(C)c1. The molecule has 0 unspecified atom stereocenters. The van der Waals surface area contributed by atoms with Crippen LogP contribution in [-0.2, 0) is 0 Å². The second-order valence-corrected chi connectivity index (χ2v) is 6.00. The fourth-order valence-corrected chi connectivity index (χ4v) is 2.57. The van der Waals surface area contributed by atoms with Gasteiger partial charge >= 0.3 is 0 Å². The molecule has 0 fully saturated rings. The number of hydrogen-bond donors (Lipinski definition) is 1. The zero-order valence-corrected chi connectivity index (χ0v) is 13.5. The summed E-state index contributed by atoms with van der Waals surface area (Å²) < 4.78 is 0.879. The van der Waals surface area contributed by atoms with Gasteiger partial charge in [-0.3, -0.25) is 4.79 Å². The number of halogens is 2. The highest BCUT2D eigenvalue weighted by molar-refractivity contribution is 14.1. The van der Waals surface area contributed by atoms with Crippen LogP contribution in [0.4, 0.5) is 5.69 Å². The van der Waals surface area contributed by atoms with E-state index in [4.69, 9.17) is 11.6 Å². The van der Waals surface area contributed by atoms with Gasteiger partial charge in [-0.25, -0.2) is 0 Å². The van der Waals surface area contributed by atoms with Crippen molar-refractivity contribution in [3.8, 4) is 0 Å². The van der Waals surface area contributed by atoms with Crippen molar-refractivity contribution < 1.29 is 4.79 Å². The lowest BCUT2D eigenvalue weighted by molar-refractivity contribution is 0.102. The van der Waals surface area contributed by atoms with E-state index in [-0.39, 0.29) is 5.91 Å². The molecule has 2 nitrogen and oxygen atoms in total. The minimum Gasteiger partial charge on any atom is -0.322 e. The van der Waals surface area contributed by atoms with E-state index in [1.165, 1.54) is 5.56 Å². The molecule has 0 spiro atoms. The lowest BCUT2D eigenvalue weighted by Gasteiger charge is -2.10. The molecule has 0 aliphatic rings. The highest BCUT2D eigenvalue weighted by Crippen LogP contribution is 2.21. The number of anilines is 1. The summed E-state index contributed by atoms with van der Waals surface area (Å²) in [4.78, 5) is 12.2. The standard InChI is InChI=1S/C15H13ClINO/c1-9-3-6-14(10(2)7-9)18-15(19)12-8-11(16)4-5-13(12)17/h3-8H,1-2H3,(H,18,19). The third-order valence-electron chi connectivity index (χ3n) is 2.80. The van der Waals surface area contributed by atoms with Crippen molar-refractivity contribution in [2.75, 3.05) is 5.32 Å². The molecule has 2 rings (SSSR count). The van der Waals surface area contributed by atoms with Gasteiger partial charge < -0.3 is 5.32 Å². The Morgan fingerprint density at radius 2 is 1.89 bits per heavy atom. The van der Waals surface area contributed by atoms with E-state index in [2.05, 4.69) is 27.9 Å². The number of benzene rings is 2. The fourth-order valence-electron chi connectivity index (χ4n) is 1.81. The summed E-state index contributed by atoms with van der Waals surface area (Å²) in [5, 5.41) is 3.48. The van der Waals surface area contributed by atoms with E-state index in [1.54, 1.807) is 12.1 Å². The Bertz CT molecular complexity index is 640. The Hall–Kier alpha value is -1.07. The number of nitrogens with one attached hydrogen (secondary N) is 1. The Labute approximate surface area is 131 Å². The molecular formula is C15H13ClINO. The fraction of sp³-hybridized carbons (Fsp3) is 0.133. The molecule has 0 aliphatic heterocycles. The van der Waals surface area contributed by atoms with Gasteiger partial charge in [-0.1, -0.05) is 29.3 Å². The lowest BCUT2D eigenvalue weighted by atomic mass is 10.1. The first-order valence-electron chi connectivity index (χ1n) is 5.81. The van der Waals surface area contributed by atoms with Crippen molar-refractivity contribution in [3.63, 3.8) is 0 Å². The largest absolute Gasteiger partial charge is 0.322 e. The van der Waals surface area contributed by atoms with Crippen molar-refractivity contribution in [2.24, 2.45) is 0 Å². The predicted molar refractivity (Wildman–Crippen MR) is 88.0 cm³/mol. The zero-order chi connectivity index (χ0) is 14.0. The molecule has 2 aromatic carbocycles. The van der Waals surface area contributed by atoms with Crippen LogP contribution < -0.4 is 5.32 Å². The summed E-state index contributed by atoms with van der Waals surface area (Å²) in [5.41, 5.74) is 3.64. The summed E-state index contributed by atoms with van der Waals surface area (Å²) in [7, 11) is 0. The molecule has 0 bridgehead atoms. The van der Waals surface area contributed by atoms with Crippen LogP contribution in [0.2, 0.25) is 5.02 Å². The maximum Gasteiger partial charge on any atom is 0.256 e. The van der Waals surface area contributed by atoms with E-state index in [9.17, 15) is 4.79 Å². The molecular weight excluding hydrogens is 373 g/mol. The average molecular weight is 386 g/mol. The molecule has 1 N–H and O–H groups in total. The minimum absolute atomic E-state index is 0.140. The third kappa shape index (κ3) is 3.48. The maximum atomic E-state index is 12.2. The quantitative estimate of drug-likeness (QED) is 0.738. The van der Waals surface area contributed by atoms with Crippen LogP contribution >= 0.6 is 34.2 Å². The smallest absolute Gasteiger partial charge is 0.256 e. The number of aryl methyl sites for hydroxylation is 2. The van der Waals surface area contributed by atoms with E-state index in [0.717, 1.165) is 14.8 Å². The Kier molecular flexibility index (Phi) is 4.47. The van der Waals surface area contributed by atoms with Gasteiger partial charge in [0.05, 0.1) is 5.56 Å². The van der Waals surface area contributed by atoms with Crippen LogP contribution in [0.15, 0.2) is 36.4 Å². The van der Waals surface area contributed by atoms with Crippen LogP contribution in [0.25, 0.3) is 0 Å². The Morgan fingerprint density at radius 3 is 2.58 bits per heavy atom.